The molecule has 1 aliphatic rings. The van der Waals surface area contributed by atoms with Crippen LogP contribution in [0.5, 0.6) is 0 Å². The van der Waals surface area contributed by atoms with Gasteiger partial charge < -0.3 is 5.32 Å². The van der Waals surface area contributed by atoms with Crippen LogP contribution in [0.25, 0.3) is 0 Å². The molecule has 0 saturated heterocycles. The summed E-state index contributed by atoms with van der Waals surface area (Å²) in [5, 5.41) is 5.05. The van der Waals surface area contributed by atoms with Crippen molar-refractivity contribution in [2.45, 2.75) is 65.3 Å². The zero-order valence-corrected chi connectivity index (χ0v) is 12.8. The van der Waals surface area contributed by atoms with Crippen molar-refractivity contribution in [1.82, 2.24) is 10.3 Å². The topological polar surface area (TPSA) is 24.9 Å². The SMILES string of the molecule is CCCNC(c1nc2c(s1)CCC2)C(C)CCC. The highest BCUT2D eigenvalue weighted by atomic mass is 32.1. The molecule has 0 bridgehead atoms. The first-order valence-electron chi connectivity index (χ1n) is 7.48. The third-order valence-electron chi connectivity index (χ3n) is 3.81. The summed E-state index contributed by atoms with van der Waals surface area (Å²) in [7, 11) is 0. The number of nitrogens with one attached hydrogen (secondary N) is 1. The molecule has 0 spiro atoms. The van der Waals surface area contributed by atoms with E-state index in [1.807, 2.05) is 11.3 Å². The molecule has 2 unspecified atom stereocenters. The maximum absolute atomic E-state index is 4.90. The quantitative estimate of drug-likeness (QED) is 0.803. The van der Waals surface area contributed by atoms with Crippen LogP contribution in [0.1, 0.15) is 68.1 Å². The Kier molecular flexibility index (Phi) is 5.19. The summed E-state index contributed by atoms with van der Waals surface area (Å²) in [5.74, 6) is 0.688. The van der Waals surface area contributed by atoms with Crippen LogP contribution in [0.4, 0.5) is 0 Å². The largest absolute Gasteiger partial charge is 0.308 e. The van der Waals surface area contributed by atoms with Crippen molar-refractivity contribution in [3.8, 4) is 0 Å². The number of aromatic nitrogens is 1. The van der Waals surface area contributed by atoms with Crippen molar-refractivity contribution in [3.05, 3.63) is 15.6 Å². The number of hydrogen-bond donors (Lipinski definition) is 1. The Bertz CT molecular complexity index is 351. The standard InChI is InChI=1S/C15H26N2S/c1-4-7-11(3)14(16-10-5-2)15-17-12-8-6-9-13(12)18-15/h11,14,16H,4-10H2,1-3H3. The summed E-state index contributed by atoms with van der Waals surface area (Å²) in [5.41, 5.74) is 1.39. The molecule has 0 aliphatic heterocycles. The average Bonchev–Trinajstić information content (AvgIpc) is 2.90. The zero-order valence-electron chi connectivity index (χ0n) is 12.0. The number of aryl methyl sites for hydroxylation is 2. The van der Waals surface area contributed by atoms with E-state index in [1.54, 1.807) is 4.88 Å². The zero-order chi connectivity index (χ0) is 13.0. The van der Waals surface area contributed by atoms with Gasteiger partial charge in [-0.15, -0.1) is 11.3 Å². The third kappa shape index (κ3) is 3.12. The van der Waals surface area contributed by atoms with Gasteiger partial charge in [0.1, 0.15) is 5.01 Å². The summed E-state index contributed by atoms with van der Waals surface area (Å²) >= 11 is 1.96. The molecule has 1 aliphatic carbocycles. The maximum Gasteiger partial charge on any atom is 0.110 e. The van der Waals surface area contributed by atoms with E-state index in [9.17, 15) is 0 Å². The fourth-order valence-corrected chi connectivity index (χ4v) is 4.16. The van der Waals surface area contributed by atoms with Crippen LogP contribution in [0.15, 0.2) is 0 Å². The van der Waals surface area contributed by atoms with Crippen molar-refractivity contribution in [2.75, 3.05) is 6.54 Å². The van der Waals surface area contributed by atoms with Crippen LogP contribution in [-0.2, 0) is 12.8 Å². The molecule has 2 rings (SSSR count). The Morgan fingerprint density at radius 1 is 1.28 bits per heavy atom. The smallest absolute Gasteiger partial charge is 0.110 e. The van der Waals surface area contributed by atoms with Crippen LogP contribution in [-0.4, -0.2) is 11.5 Å². The van der Waals surface area contributed by atoms with Gasteiger partial charge in [0, 0.05) is 4.88 Å². The van der Waals surface area contributed by atoms with E-state index in [2.05, 4.69) is 26.1 Å². The van der Waals surface area contributed by atoms with Crippen LogP contribution in [0.2, 0.25) is 0 Å². The lowest BCUT2D eigenvalue weighted by Gasteiger charge is -2.23. The third-order valence-corrected chi connectivity index (χ3v) is 5.05. The first-order chi connectivity index (χ1) is 8.76. The van der Waals surface area contributed by atoms with Gasteiger partial charge in [-0.2, -0.15) is 0 Å². The molecule has 0 fully saturated rings. The molecular formula is C15H26N2S. The van der Waals surface area contributed by atoms with Crippen molar-refractivity contribution in [3.63, 3.8) is 0 Å². The number of hydrogen-bond acceptors (Lipinski definition) is 3. The van der Waals surface area contributed by atoms with Crippen molar-refractivity contribution in [1.29, 1.82) is 0 Å². The average molecular weight is 266 g/mol. The molecule has 0 radical (unpaired) electrons. The minimum Gasteiger partial charge on any atom is -0.308 e. The molecule has 0 aromatic carbocycles. The molecule has 0 saturated carbocycles. The normalized spacial score (nSPS) is 17.7. The molecule has 102 valence electrons. The maximum atomic E-state index is 4.90. The Morgan fingerprint density at radius 3 is 2.78 bits per heavy atom. The van der Waals surface area contributed by atoms with Crippen LogP contribution in [0.3, 0.4) is 0 Å². The van der Waals surface area contributed by atoms with Gasteiger partial charge in [0.15, 0.2) is 0 Å². The summed E-state index contributed by atoms with van der Waals surface area (Å²) in [6, 6.07) is 0.473. The first kappa shape index (κ1) is 14.0. The summed E-state index contributed by atoms with van der Waals surface area (Å²) < 4.78 is 0. The van der Waals surface area contributed by atoms with Crippen molar-refractivity contribution in [2.24, 2.45) is 5.92 Å². The number of rotatable bonds is 7. The Morgan fingerprint density at radius 2 is 2.11 bits per heavy atom. The van der Waals surface area contributed by atoms with Gasteiger partial charge in [0.2, 0.25) is 0 Å². The van der Waals surface area contributed by atoms with E-state index in [0.29, 0.717) is 12.0 Å². The molecule has 2 atom stereocenters. The van der Waals surface area contributed by atoms with E-state index in [1.165, 1.54) is 49.2 Å². The number of fused-ring (bicyclic) bond motifs is 1. The Hall–Kier alpha value is -0.410. The van der Waals surface area contributed by atoms with Gasteiger partial charge >= 0.3 is 0 Å². The second-order valence-electron chi connectivity index (χ2n) is 5.47. The van der Waals surface area contributed by atoms with Gasteiger partial charge in [0.05, 0.1) is 11.7 Å². The Balaban J connectivity index is 2.10. The van der Waals surface area contributed by atoms with Gasteiger partial charge in [-0.1, -0.05) is 27.2 Å². The minimum absolute atomic E-state index is 0.473. The van der Waals surface area contributed by atoms with Crippen LogP contribution < -0.4 is 5.32 Å². The molecular weight excluding hydrogens is 240 g/mol. The molecule has 1 aromatic heterocycles. The van der Waals surface area contributed by atoms with Crippen LogP contribution >= 0.6 is 11.3 Å². The number of nitrogens with zero attached hydrogens (tertiary/aromatic N) is 1. The highest BCUT2D eigenvalue weighted by molar-refractivity contribution is 7.11. The lowest BCUT2D eigenvalue weighted by atomic mass is 9.97. The molecule has 3 heteroatoms. The predicted molar refractivity (Wildman–Crippen MR) is 79.2 cm³/mol. The van der Waals surface area contributed by atoms with Crippen LogP contribution in [0, 0.1) is 5.92 Å². The minimum atomic E-state index is 0.473. The molecule has 1 aromatic rings. The second-order valence-corrected chi connectivity index (χ2v) is 6.59. The predicted octanol–water partition coefficient (Wildman–Crippen LogP) is 4.11. The summed E-state index contributed by atoms with van der Waals surface area (Å²) in [4.78, 5) is 6.46. The van der Waals surface area contributed by atoms with Gasteiger partial charge in [-0.05, 0) is 44.6 Å². The highest BCUT2D eigenvalue weighted by Gasteiger charge is 2.25. The van der Waals surface area contributed by atoms with Crippen molar-refractivity contribution < 1.29 is 0 Å². The Labute approximate surface area is 115 Å². The molecule has 2 nitrogen and oxygen atoms in total. The van der Waals surface area contributed by atoms with E-state index in [-0.39, 0.29) is 0 Å². The van der Waals surface area contributed by atoms with E-state index in [4.69, 9.17) is 4.98 Å². The van der Waals surface area contributed by atoms with Gasteiger partial charge in [-0.25, -0.2) is 4.98 Å². The first-order valence-corrected chi connectivity index (χ1v) is 8.29. The fraction of sp³-hybridized carbons (Fsp3) is 0.800. The molecule has 18 heavy (non-hydrogen) atoms. The lowest BCUT2D eigenvalue weighted by molar-refractivity contribution is 0.362. The summed E-state index contributed by atoms with van der Waals surface area (Å²) in [6.45, 7) is 7.97. The van der Waals surface area contributed by atoms with Gasteiger partial charge in [0.25, 0.3) is 0 Å². The summed E-state index contributed by atoms with van der Waals surface area (Å²) in [6.07, 6.45) is 7.51. The second kappa shape index (κ2) is 6.67. The molecule has 0 amide bonds. The van der Waals surface area contributed by atoms with Crippen molar-refractivity contribution >= 4 is 11.3 Å². The van der Waals surface area contributed by atoms with E-state index < -0.39 is 0 Å². The van der Waals surface area contributed by atoms with E-state index in [0.717, 1.165) is 6.54 Å². The van der Waals surface area contributed by atoms with Gasteiger partial charge in [-0.3, -0.25) is 0 Å². The van der Waals surface area contributed by atoms with E-state index >= 15 is 0 Å². The molecule has 1 N–H and O–H groups in total. The fourth-order valence-electron chi connectivity index (χ4n) is 2.80. The number of thiazole rings is 1. The molecule has 1 heterocycles. The monoisotopic (exact) mass is 266 g/mol. The lowest BCUT2D eigenvalue weighted by Crippen LogP contribution is -2.27. The highest BCUT2D eigenvalue weighted by Crippen LogP contribution is 2.34.